The number of methoxy groups -OCH3 is 1. The Bertz CT molecular complexity index is 1180. The Kier molecular flexibility index (Phi) is 9.18. The molecular formula is C26H28N4O5. The number of ether oxygens (including phenoxy) is 3. The number of hydrogen-bond acceptors (Lipinski definition) is 7. The minimum atomic E-state index is -0.467. The van der Waals surface area contributed by atoms with Gasteiger partial charge >= 0.3 is 5.97 Å². The summed E-state index contributed by atoms with van der Waals surface area (Å²) in [5.74, 6) is 0.400. The number of esters is 1. The Balaban J connectivity index is 1.86. The molecule has 1 heterocycles. The fraction of sp³-hybridized carbons (Fsp3) is 0.231. The SMILES string of the molecule is CCOc1ccc(C(=O)NC(=NCc2ccncc2)Nc2cccc(C(=O)OC)c2)cc1OCC. The Morgan fingerprint density at radius 3 is 2.37 bits per heavy atom. The van der Waals surface area contributed by atoms with Gasteiger partial charge in [-0.3, -0.25) is 15.1 Å². The van der Waals surface area contributed by atoms with E-state index in [2.05, 4.69) is 20.6 Å². The van der Waals surface area contributed by atoms with Gasteiger partial charge in [-0.1, -0.05) is 6.07 Å². The average molecular weight is 477 g/mol. The minimum absolute atomic E-state index is 0.209. The van der Waals surface area contributed by atoms with E-state index in [0.29, 0.717) is 48.1 Å². The van der Waals surface area contributed by atoms with Crippen molar-refractivity contribution in [3.63, 3.8) is 0 Å². The van der Waals surface area contributed by atoms with Crippen LogP contribution in [-0.4, -0.2) is 43.1 Å². The Morgan fingerprint density at radius 2 is 1.66 bits per heavy atom. The number of aliphatic imine (C=N–C) groups is 1. The van der Waals surface area contributed by atoms with Crippen molar-refractivity contribution < 1.29 is 23.8 Å². The van der Waals surface area contributed by atoms with E-state index in [0.717, 1.165) is 5.56 Å². The van der Waals surface area contributed by atoms with Crippen molar-refractivity contribution in [2.24, 2.45) is 4.99 Å². The highest BCUT2D eigenvalue weighted by Crippen LogP contribution is 2.28. The molecule has 0 bridgehead atoms. The molecule has 3 aromatic rings. The summed E-state index contributed by atoms with van der Waals surface area (Å²) in [6.45, 7) is 4.95. The summed E-state index contributed by atoms with van der Waals surface area (Å²) in [4.78, 5) is 33.5. The molecule has 0 aliphatic heterocycles. The molecule has 2 N–H and O–H groups in total. The Hall–Kier alpha value is -4.40. The van der Waals surface area contributed by atoms with Crippen LogP contribution in [0.25, 0.3) is 0 Å². The summed E-state index contributed by atoms with van der Waals surface area (Å²) in [5, 5.41) is 5.89. The second kappa shape index (κ2) is 12.7. The van der Waals surface area contributed by atoms with Gasteiger partial charge in [-0.2, -0.15) is 0 Å². The maximum absolute atomic E-state index is 13.1. The van der Waals surface area contributed by atoms with Crippen LogP contribution in [0.5, 0.6) is 11.5 Å². The van der Waals surface area contributed by atoms with E-state index in [1.165, 1.54) is 7.11 Å². The molecule has 2 aromatic carbocycles. The summed E-state index contributed by atoms with van der Waals surface area (Å²) in [6.07, 6.45) is 3.34. The van der Waals surface area contributed by atoms with Crippen molar-refractivity contribution in [3.8, 4) is 11.5 Å². The summed E-state index contributed by atoms with van der Waals surface area (Å²) in [7, 11) is 1.32. The van der Waals surface area contributed by atoms with Crippen LogP contribution in [0.4, 0.5) is 5.69 Å². The standard InChI is InChI=1S/C26H28N4O5/c1-4-34-22-10-9-19(16-23(22)35-5-2)24(31)30-26(28-17-18-11-13-27-14-12-18)29-21-8-6-7-20(15-21)25(32)33-3/h6-16H,4-5,17H2,1-3H3,(H2,28,29,30,31). The number of benzene rings is 2. The van der Waals surface area contributed by atoms with Gasteiger partial charge in [0.15, 0.2) is 11.5 Å². The van der Waals surface area contributed by atoms with Gasteiger partial charge in [0.25, 0.3) is 5.91 Å². The molecule has 0 aliphatic rings. The van der Waals surface area contributed by atoms with E-state index in [1.807, 2.05) is 26.0 Å². The maximum atomic E-state index is 13.1. The maximum Gasteiger partial charge on any atom is 0.337 e. The molecule has 9 nitrogen and oxygen atoms in total. The highest BCUT2D eigenvalue weighted by Gasteiger charge is 2.14. The number of aromatic nitrogens is 1. The number of anilines is 1. The first kappa shape index (κ1) is 25.2. The second-order valence-electron chi connectivity index (χ2n) is 7.20. The molecule has 0 saturated carbocycles. The normalized spacial score (nSPS) is 10.9. The number of hydrogen-bond donors (Lipinski definition) is 2. The zero-order valence-electron chi connectivity index (χ0n) is 19.9. The fourth-order valence-corrected chi connectivity index (χ4v) is 3.12. The van der Waals surface area contributed by atoms with E-state index < -0.39 is 5.97 Å². The quantitative estimate of drug-likeness (QED) is 0.272. The lowest BCUT2D eigenvalue weighted by Crippen LogP contribution is -2.36. The molecule has 0 fully saturated rings. The Morgan fingerprint density at radius 1 is 0.914 bits per heavy atom. The van der Waals surface area contributed by atoms with Crippen molar-refractivity contribution in [2.45, 2.75) is 20.4 Å². The van der Waals surface area contributed by atoms with Crippen molar-refractivity contribution in [1.82, 2.24) is 10.3 Å². The largest absolute Gasteiger partial charge is 0.490 e. The van der Waals surface area contributed by atoms with Gasteiger partial charge in [0, 0.05) is 23.6 Å². The van der Waals surface area contributed by atoms with Gasteiger partial charge in [-0.25, -0.2) is 9.79 Å². The number of rotatable bonds is 9. The number of nitrogens with zero attached hydrogens (tertiary/aromatic N) is 2. The molecule has 0 atom stereocenters. The fourth-order valence-electron chi connectivity index (χ4n) is 3.12. The van der Waals surface area contributed by atoms with E-state index in [9.17, 15) is 9.59 Å². The first-order valence-corrected chi connectivity index (χ1v) is 11.1. The molecule has 0 spiro atoms. The molecule has 182 valence electrons. The van der Waals surface area contributed by atoms with Crippen LogP contribution < -0.4 is 20.1 Å². The highest BCUT2D eigenvalue weighted by atomic mass is 16.5. The average Bonchev–Trinajstić information content (AvgIpc) is 2.88. The van der Waals surface area contributed by atoms with Crippen LogP contribution in [0.15, 0.2) is 72.0 Å². The molecule has 35 heavy (non-hydrogen) atoms. The van der Waals surface area contributed by atoms with E-state index >= 15 is 0 Å². The van der Waals surface area contributed by atoms with E-state index in [4.69, 9.17) is 14.2 Å². The van der Waals surface area contributed by atoms with Gasteiger partial charge < -0.3 is 19.5 Å². The Labute approximate surface area is 204 Å². The van der Waals surface area contributed by atoms with Crippen LogP contribution in [0.3, 0.4) is 0 Å². The van der Waals surface area contributed by atoms with Gasteiger partial charge in [-0.15, -0.1) is 0 Å². The highest BCUT2D eigenvalue weighted by molar-refractivity contribution is 6.10. The van der Waals surface area contributed by atoms with Crippen LogP contribution in [0, 0.1) is 0 Å². The summed E-state index contributed by atoms with van der Waals surface area (Å²) in [6, 6.07) is 15.4. The van der Waals surface area contributed by atoms with E-state index in [-0.39, 0.29) is 11.9 Å². The molecule has 1 aromatic heterocycles. The predicted molar refractivity (Wildman–Crippen MR) is 133 cm³/mol. The first-order chi connectivity index (χ1) is 17.0. The third-order valence-corrected chi connectivity index (χ3v) is 4.75. The first-order valence-electron chi connectivity index (χ1n) is 11.1. The molecule has 9 heteroatoms. The molecule has 0 unspecified atom stereocenters. The lowest BCUT2D eigenvalue weighted by Gasteiger charge is -2.14. The number of carbonyl (C=O) groups excluding carboxylic acids is 2. The van der Waals surface area contributed by atoms with Crippen molar-refractivity contribution in [2.75, 3.05) is 25.6 Å². The van der Waals surface area contributed by atoms with Crippen molar-refractivity contribution in [3.05, 3.63) is 83.7 Å². The lowest BCUT2D eigenvalue weighted by atomic mass is 10.2. The summed E-state index contributed by atoms with van der Waals surface area (Å²) < 4.78 is 16.0. The third-order valence-electron chi connectivity index (χ3n) is 4.75. The van der Waals surface area contributed by atoms with E-state index in [1.54, 1.807) is 54.9 Å². The molecule has 3 rings (SSSR count). The summed E-state index contributed by atoms with van der Waals surface area (Å²) in [5.41, 5.74) is 2.21. The van der Waals surface area contributed by atoms with Crippen LogP contribution >= 0.6 is 0 Å². The van der Waals surface area contributed by atoms with Crippen LogP contribution in [0.2, 0.25) is 0 Å². The molecule has 0 aliphatic carbocycles. The molecule has 0 radical (unpaired) electrons. The van der Waals surface area contributed by atoms with Gasteiger partial charge in [-0.05, 0) is 67.9 Å². The van der Waals surface area contributed by atoms with Gasteiger partial charge in [0.05, 0.1) is 32.4 Å². The number of guanidine groups is 1. The summed E-state index contributed by atoms with van der Waals surface area (Å²) >= 11 is 0. The second-order valence-corrected chi connectivity index (χ2v) is 7.20. The number of carbonyl (C=O) groups is 2. The van der Waals surface area contributed by atoms with Gasteiger partial charge in [0.1, 0.15) is 0 Å². The lowest BCUT2D eigenvalue weighted by molar-refractivity contribution is 0.0600. The van der Waals surface area contributed by atoms with Crippen molar-refractivity contribution >= 4 is 23.5 Å². The number of pyridine rings is 1. The topological polar surface area (TPSA) is 111 Å². The number of nitrogens with one attached hydrogen (secondary N) is 2. The monoisotopic (exact) mass is 476 g/mol. The molecule has 1 amide bonds. The zero-order chi connectivity index (χ0) is 25.0. The minimum Gasteiger partial charge on any atom is -0.490 e. The smallest absolute Gasteiger partial charge is 0.337 e. The van der Waals surface area contributed by atoms with Gasteiger partial charge in [0.2, 0.25) is 5.96 Å². The predicted octanol–water partition coefficient (Wildman–Crippen LogP) is 4.06. The van der Waals surface area contributed by atoms with Crippen LogP contribution in [0.1, 0.15) is 40.1 Å². The van der Waals surface area contributed by atoms with Crippen LogP contribution in [-0.2, 0) is 11.3 Å². The molecular weight excluding hydrogens is 448 g/mol. The molecule has 0 saturated heterocycles. The zero-order valence-corrected chi connectivity index (χ0v) is 19.9. The third kappa shape index (κ3) is 7.29. The van der Waals surface area contributed by atoms with Crippen molar-refractivity contribution in [1.29, 1.82) is 0 Å². The number of amides is 1.